The molecule has 178 valence electrons. The van der Waals surface area contributed by atoms with Crippen LogP contribution in [0.4, 0.5) is 11.4 Å². The van der Waals surface area contributed by atoms with Gasteiger partial charge < -0.3 is 19.2 Å². The highest BCUT2D eigenvalue weighted by Gasteiger charge is 2.22. The first-order valence-electron chi connectivity index (χ1n) is 12.1. The molecule has 1 amide bonds. The van der Waals surface area contributed by atoms with E-state index in [0.717, 1.165) is 42.5 Å². The van der Waals surface area contributed by atoms with Gasteiger partial charge in [-0.25, -0.2) is 0 Å². The third-order valence-corrected chi connectivity index (χ3v) is 6.94. The lowest BCUT2D eigenvalue weighted by Crippen LogP contribution is -2.48. The summed E-state index contributed by atoms with van der Waals surface area (Å²) < 4.78 is 5.43. The van der Waals surface area contributed by atoms with Gasteiger partial charge in [0, 0.05) is 74.1 Å². The molecule has 2 aliphatic rings. The van der Waals surface area contributed by atoms with Crippen LogP contribution in [0, 0.1) is 0 Å². The van der Waals surface area contributed by atoms with Crippen molar-refractivity contribution in [2.24, 2.45) is 0 Å². The Labute approximate surface area is 205 Å². The van der Waals surface area contributed by atoms with E-state index in [1.165, 1.54) is 24.9 Å². The van der Waals surface area contributed by atoms with Gasteiger partial charge >= 0.3 is 0 Å². The molecule has 2 aliphatic heterocycles. The van der Waals surface area contributed by atoms with Gasteiger partial charge in [0.1, 0.15) is 0 Å². The normalized spacial score (nSPS) is 16.7. The Morgan fingerprint density at radius 2 is 1.44 bits per heavy atom. The standard InChI is InChI=1S/C26H30ClN5O2/c27-21-6-10-23(11-7-21)31-16-18-32(19-17-31)25(33)13-12-24-28-26(29-34-24)20-4-8-22(9-5-20)30-14-2-1-3-15-30/h4-11H,1-3,12-19H2. The van der Waals surface area contributed by atoms with Crippen molar-refractivity contribution in [2.45, 2.75) is 32.1 Å². The molecule has 5 rings (SSSR count). The van der Waals surface area contributed by atoms with Crippen LogP contribution in [0.1, 0.15) is 31.6 Å². The Hall–Kier alpha value is -3.06. The number of anilines is 2. The third-order valence-electron chi connectivity index (χ3n) is 6.69. The van der Waals surface area contributed by atoms with Crippen molar-refractivity contribution in [1.29, 1.82) is 0 Å². The summed E-state index contributed by atoms with van der Waals surface area (Å²) in [5.41, 5.74) is 3.31. The van der Waals surface area contributed by atoms with Gasteiger partial charge in [-0.15, -0.1) is 0 Å². The molecule has 2 fully saturated rings. The predicted octanol–water partition coefficient (Wildman–Crippen LogP) is 4.66. The van der Waals surface area contributed by atoms with E-state index in [9.17, 15) is 4.79 Å². The molecule has 0 saturated carbocycles. The molecule has 3 aromatic rings. The number of benzene rings is 2. The topological polar surface area (TPSA) is 65.7 Å². The first-order chi connectivity index (χ1) is 16.7. The van der Waals surface area contributed by atoms with Crippen LogP contribution < -0.4 is 9.80 Å². The first kappa shape index (κ1) is 22.7. The number of carbonyl (C=O) groups excluding carboxylic acids is 1. The number of carbonyl (C=O) groups is 1. The summed E-state index contributed by atoms with van der Waals surface area (Å²) in [6.45, 7) is 5.28. The zero-order chi connectivity index (χ0) is 23.3. The molecule has 3 heterocycles. The zero-order valence-corrected chi connectivity index (χ0v) is 20.1. The quantitative estimate of drug-likeness (QED) is 0.512. The number of nitrogens with zero attached hydrogens (tertiary/aromatic N) is 5. The summed E-state index contributed by atoms with van der Waals surface area (Å²) in [5.74, 6) is 1.20. The van der Waals surface area contributed by atoms with Crippen molar-refractivity contribution in [3.8, 4) is 11.4 Å². The fourth-order valence-electron chi connectivity index (χ4n) is 4.69. The van der Waals surface area contributed by atoms with Crippen molar-refractivity contribution < 1.29 is 9.32 Å². The number of aromatic nitrogens is 2. The molecular formula is C26H30ClN5O2. The summed E-state index contributed by atoms with van der Waals surface area (Å²) >= 11 is 5.98. The number of halogens is 1. The fraction of sp³-hybridized carbons (Fsp3) is 0.423. The van der Waals surface area contributed by atoms with Gasteiger partial charge in [0.25, 0.3) is 0 Å². The van der Waals surface area contributed by atoms with Gasteiger partial charge in [-0.1, -0.05) is 16.8 Å². The van der Waals surface area contributed by atoms with Crippen molar-refractivity contribution >= 4 is 28.9 Å². The number of piperazine rings is 1. The minimum Gasteiger partial charge on any atom is -0.372 e. The van der Waals surface area contributed by atoms with Crippen LogP contribution in [0.5, 0.6) is 0 Å². The van der Waals surface area contributed by atoms with Crippen molar-refractivity contribution in [1.82, 2.24) is 15.0 Å². The van der Waals surface area contributed by atoms with Crippen LogP contribution in [-0.4, -0.2) is 60.2 Å². The van der Waals surface area contributed by atoms with E-state index in [1.54, 1.807) is 0 Å². The van der Waals surface area contributed by atoms with E-state index in [4.69, 9.17) is 16.1 Å². The number of amides is 1. The maximum Gasteiger partial charge on any atom is 0.227 e. The van der Waals surface area contributed by atoms with Crippen LogP contribution in [-0.2, 0) is 11.2 Å². The second-order valence-electron chi connectivity index (χ2n) is 8.95. The Morgan fingerprint density at radius 3 is 2.12 bits per heavy atom. The van der Waals surface area contributed by atoms with Gasteiger partial charge in [-0.3, -0.25) is 4.79 Å². The molecule has 2 aromatic carbocycles. The number of hydrogen-bond donors (Lipinski definition) is 0. The highest BCUT2D eigenvalue weighted by molar-refractivity contribution is 6.30. The van der Waals surface area contributed by atoms with E-state index in [0.29, 0.717) is 37.6 Å². The van der Waals surface area contributed by atoms with E-state index in [-0.39, 0.29) is 5.91 Å². The van der Waals surface area contributed by atoms with Gasteiger partial charge in [-0.05, 0) is 67.8 Å². The molecule has 0 radical (unpaired) electrons. The SMILES string of the molecule is O=C(CCc1nc(-c2ccc(N3CCCCC3)cc2)no1)N1CCN(c2ccc(Cl)cc2)CC1. The molecule has 8 heteroatoms. The lowest BCUT2D eigenvalue weighted by molar-refractivity contribution is -0.131. The summed E-state index contributed by atoms with van der Waals surface area (Å²) in [6.07, 6.45) is 4.66. The maximum absolute atomic E-state index is 12.7. The third kappa shape index (κ3) is 5.36. The average molecular weight is 480 g/mol. The Bertz CT molecular complexity index is 1090. The lowest BCUT2D eigenvalue weighted by Gasteiger charge is -2.36. The first-order valence-corrected chi connectivity index (χ1v) is 12.5. The van der Waals surface area contributed by atoms with Gasteiger partial charge in [0.15, 0.2) is 0 Å². The zero-order valence-electron chi connectivity index (χ0n) is 19.3. The second kappa shape index (κ2) is 10.5. The van der Waals surface area contributed by atoms with Crippen LogP contribution in [0.2, 0.25) is 5.02 Å². The van der Waals surface area contributed by atoms with Crippen LogP contribution in [0.15, 0.2) is 53.1 Å². The lowest BCUT2D eigenvalue weighted by atomic mass is 10.1. The number of hydrogen-bond acceptors (Lipinski definition) is 6. The molecule has 2 saturated heterocycles. The number of rotatable bonds is 6. The molecule has 0 unspecified atom stereocenters. The smallest absolute Gasteiger partial charge is 0.227 e. The average Bonchev–Trinajstić information content (AvgIpc) is 3.38. The molecule has 0 bridgehead atoms. The second-order valence-corrected chi connectivity index (χ2v) is 9.39. The van der Waals surface area contributed by atoms with Gasteiger partial charge in [0.05, 0.1) is 0 Å². The molecule has 0 aliphatic carbocycles. The van der Waals surface area contributed by atoms with Crippen molar-refractivity contribution in [2.75, 3.05) is 49.1 Å². The molecule has 34 heavy (non-hydrogen) atoms. The highest BCUT2D eigenvalue weighted by Crippen LogP contribution is 2.24. The number of aryl methyl sites for hydroxylation is 1. The van der Waals surface area contributed by atoms with E-state index < -0.39 is 0 Å². The van der Waals surface area contributed by atoms with Crippen molar-refractivity contribution in [3.63, 3.8) is 0 Å². The van der Waals surface area contributed by atoms with Gasteiger partial charge in [-0.2, -0.15) is 4.98 Å². The summed E-state index contributed by atoms with van der Waals surface area (Å²) in [7, 11) is 0. The Kier molecular flexibility index (Phi) is 7.00. The van der Waals surface area contributed by atoms with Crippen LogP contribution in [0.3, 0.4) is 0 Å². The minimum absolute atomic E-state index is 0.126. The summed E-state index contributed by atoms with van der Waals surface area (Å²) in [5, 5.41) is 4.86. The van der Waals surface area contributed by atoms with E-state index in [1.807, 2.05) is 41.3 Å². The molecule has 1 aromatic heterocycles. The highest BCUT2D eigenvalue weighted by atomic mass is 35.5. The fourth-order valence-corrected chi connectivity index (χ4v) is 4.81. The molecule has 0 N–H and O–H groups in total. The molecule has 0 atom stereocenters. The van der Waals surface area contributed by atoms with Crippen LogP contribution >= 0.6 is 11.6 Å². The largest absolute Gasteiger partial charge is 0.372 e. The maximum atomic E-state index is 12.7. The molecule has 7 nitrogen and oxygen atoms in total. The van der Waals surface area contributed by atoms with Crippen LogP contribution in [0.25, 0.3) is 11.4 Å². The summed E-state index contributed by atoms with van der Waals surface area (Å²) in [6, 6.07) is 16.2. The summed E-state index contributed by atoms with van der Waals surface area (Å²) in [4.78, 5) is 23.9. The monoisotopic (exact) mass is 479 g/mol. The van der Waals surface area contributed by atoms with E-state index >= 15 is 0 Å². The van der Waals surface area contributed by atoms with Crippen molar-refractivity contribution in [3.05, 3.63) is 59.4 Å². The number of piperidine rings is 1. The molecular weight excluding hydrogens is 450 g/mol. The van der Waals surface area contributed by atoms with Gasteiger partial charge in [0.2, 0.25) is 17.6 Å². The Balaban J connectivity index is 1.11. The predicted molar refractivity (Wildman–Crippen MR) is 134 cm³/mol. The minimum atomic E-state index is 0.126. The molecule has 0 spiro atoms. The Morgan fingerprint density at radius 1 is 0.824 bits per heavy atom. The van der Waals surface area contributed by atoms with E-state index in [2.05, 4.69) is 32.1 Å².